The second kappa shape index (κ2) is 11.4. The van der Waals surface area contributed by atoms with E-state index < -0.39 is 5.82 Å². The van der Waals surface area contributed by atoms with E-state index in [-0.39, 0.29) is 23.2 Å². The minimum Gasteiger partial charge on any atom is -0.497 e. The summed E-state index contributed by atoms with van der Waals surface area (Å²) in [6, 6.07) is 19.9. The zero-order chi connectivity index (χ0) is 25.5. The highest BCUT2D eigenvalue weighted by Crippen LogP contribution is 2.31. The van der Waals surface area contributed by atoms with Gasteiger partial charge in [0.1, 0.15) is 25.2 Å². The Morgan fingerprint density at radius 1 is 1.00 bits per heavy atom. The van der Waals surface area contributed by atoms with E-state index in [4.69, 9.17) is 23.1 Å². The molecular formula is C27H24BFN4O3. The highest BCUT2D eigenvalue weighted by molar-refractivity contribution is 6.32. The molecule has 36 heavy (non-hydrogen) atoms. The van der Waals surface area contributed by atoms with Crippen molar-refractivity contribution < 1.29 is 18.7 Å². The molecule has 2 radical (unpaired) electrons. The van der Waals surface area contributed by atoms with E-state index in [9.17, 15) is 9.18 Å². The first kappa shape index (κ1) is 24.7. The number of nitrogens with zero attached hydrogens (tertiary/aromatic N) is 1. The Labute approximate surface area is 209 Å². The van der Waals surface area contributed by atoms with Crippen molar-refractivity contribution in [2.75, 3.05) is 18.2 Å². The summed E-state index contributed by atoms with van der Waals surface area (Å²) in [6.07, 6.45) is 1.50. The number of amides is 1. The second-order valence-corrected chi connectivity index (χ2v) is 7.95. The van der Waals surface area contributed by atoms with E-state index in [1.54, 1.807) is 43.5 Å². The van der Waals surface area contributed by atoms with Gasteiger partial charge in [0.2, 0.25) is 0 Å². The number of halogens is 1. The number of pyridine rings is 1. The Morgan fingerprint density at radius 2 is 1.75 bits per heavy atom. The molecule has 0 unspecified atom stereocenters. The number of aromatic nitrogens is 1. The van der Waals surface area contributed by atoms with Crippen LogP contribution >= 0.6 is 0 Å². The Morgan fingerprint density at radius 3 is 2.44 bits per heavy atom. The van der Waals surface area contributed by atoms with Crippen LogP contribution in [0.4, 0.5) is 15.9 Å². The van der Waals surface area contributed by atoms with Gasteiger partial charge in [0.25, 0.3) is 5.91 Å². The fourth-order valence-corrected chi connectivity index (χ4v) is 3.46. The summed E-state index contributed by atoms with van der Waals surface area (Å²) in [7, 11) is 7.27. The van der Waals surface area contributed by atoms with Gasteiger partial charge >= 0.3 is 0 Å². The summed E-state index contributed by atoms with van der Waals surface area (Å²) in [5.74, 6) is 0.406. The third kappa shape index (κ3) is 6.19. The molecule has 3 aromatic carbocycles. The maximum Gasteiger partial charge on any atom is 0.255 e. The molecule has 0 atom stereocenters. The van der Waals surface area contributed by atoms with Gasteiger partial charge in [-0.15, -0.1) is 0 Å². The van der Waals surface area contributed by atoms with Gasteiger partial charge in [-0.3, -0.25) is 4.79 Å². The van der Waals surface area contributed by atoms with Crippen molar-refractivity contribution in [3.63, 3.8) is 0 Å². The lowest BCUT2D eigenvalue weighted by Gasteiger charge is -2.15. The molecule has 0 saturated carbocycles. The van der Waals surface area contributed by atoms with E-state index in [0.29, 0.717) is 35.4 Å². The van der Waals surface area contributed by atoms with Crippen LogP contribution in [0.2, 0.25) is 0 Å². The van der Waals surface area contributed by atoms with Crippen LogP contribution in [0, 0.1) is 5.82 Å². The van der Waals surface area contributed by atoms with Gasteiger partial charge in [-0.25, -0.2) is 9.37 Å². The molecule has 0 saturated heterocycles. The highest BCUT2D eigenvalue weighted by Gasteiger charge is 2.14. The lowest BCUT2D eigenvalue weighted by atomic mass is 9.95. The van der Waals surface area contributed by atoms with Crippen molar-refractivity contribution in [3.05, 3.63) is 102 Å². The van der Waals surface area contributed by atoms with Gasteiger partial charge in [-0.2, -0.15) is 0 Å². The minimum atomic E-state index is -0.641. The van der Waals surface area contributed by atoms with E-state index in [1.165, 1.54) is 18.3 Å². The number of benzene rings is 3. The number of ether oxygens (including phenoxy) is 2. The van der Waals surface area contributed by atoms with Crippen LogP contribution < -0.4 is 31.3 Å². The van der Waals surface area contributed by atoms with E-state index in [0.717, 1.165) is 11.3 Å². The fourth-order valence-electron chi connectivity index (χ4n) is 3.46. The molecule has 0 spiro atoms. The molecule has 1 aromatic heterocycles. The SMILES string of the molecule is [B]c1ccc(C(=O)Nc2ccc(Oc3ccnc(N)c3CNCc3ccc(OC)cc3)c(F)c2)cc1. The number of carbonyl (C=O) groups excluding carboxylic acids is 1. The number of nitrogens with one attached hydrogen (secondary N) is 2. The average molecular weight is 482 g/mol. The Kier molecular flexibility index (Phi) is 7.82. The second-order valence-electron chi connectivity index (χ2n) is 7.95. The minimum absolute atomic E-state index is 0.0116. The summed E-state index contributed by atoms with van der Waals surface area (Å²) >= 11 is 0. The quantitative estimate of drug-likeness (QED) is 0.313. The number of carbonyl (C=O) groups is 1. The van der Waals surface area contributed by atoms with Crippen LogP contribution in [0.1, 0.15) is 21.5 Å². The van der Waals surface area contributed by atoms with Crippen molar-refractivity contribution in [1.29, 1.82) is 0 Å². The van der Waals surface area contributed by atoms with Crippen molar-refractivity contribution in [3.8, 4) is 17.2 Å². The zero-order valence-corrected chi connectivity index (χ0v) is 19.6. The predicted molar refractivity (Wildman–Crippen MR) is 138 cm³/mol. The summed E-state index contributed by atoms with van der Waals surface area (Å²) in [5, 5.41) is 5.95. The monoisotopic (exact) mass is 482 g/mol. The maximum absolute atomic E-state index is 14.8. The number of hydrogen-bond donors (Lipinski definition) is 3. The van der Waals surface area contributed by atoms with Crippen LogP contribution in [0.5, 0.6) is 17.2 Å². The predicted octanol–water partition coefficient (Wildman–Crippen LogP) is 3.94. The Hall–Kier alpha value is -4.37. The lowest BCUT2D eigenvalue weighted by molar-refractivity contribution is 0.102. The molecule has 0 fully saturated rings. The smallest absolute Gasteiger partial charge is 0.255 e. The van der Waals surface area contributed by atoms with Crippen LogP contribution in [0.25, 0.3) is 0 Å². The fraction of sp³-hybridized carbons (Fsp3) is 0.111. The first-order chi connectivity index (χ1) is 17.4. The third-order valence-corrected chi connectivity index (χ3v) is 5.42. The normalized spacial score (nSPS) is 10.6. The van der Waals surface area contributed by atoms with Crippen molar-refractivity contribution >= 4 is 30.7 Å². The zero-order valence-electron chi connectivity index (χ0n) is 19.6. The number of methoxy groups -OCH3 is 1. The molecular weight excluding hydrogens is 458 g/mol. The van der Waals surface area contributed by atoms with Crippen molar-refractivity contribution in [2.24, 2.45) is 0 Å². The standard InChI is InChI=1S/C27H24BFN4O3/c1-35-21-9-2-17(3-10-21)15-31-16-22-24(12-13-32-26(22)30)36-25-11-8-20(14-23(25)29)33-27(34)18-4-6-19(28)7-5-18/h2-14,31H,15-16H2,1H3,(H2,30,32)(H,33,34). The van der Waals surface area contributed by atoms with Crippen LogP contribution in [-0.2, 0) is 13.1 Å². The van der Waals surface area contributed by atoms with Crippen LogP contribution in [0.15, 0.2) is 79.0 Å². The van der Waals surface area contributed by atoms with Crippen LogP contribution in [-0.4, -0.2) is 25.8 Å². The molecule has 4 rings (SSSR count). The van der Waals surface area contributed by atoms with E-state index in [2.05, 4.69) is 15.6 Å². The summed E-state index contributed by atoms with van der Waals surface area (Å²) in [4.78, 5) is 16.5. The maximum atomic E-state index is 14.8. The Balaban J connectivity index is 1.42. The molecule has 9 heteroatoms. The van der Waals surface area contributed by atoms with Gasteiger partial charge in [0.15, 0.2) is 11.6 Å². The van der Waals surface area contributed by atoms with Crippen molar-refractivity contribution in [2.45, 2.75) is 13.1 Å². The van der Waals surface area contributed by atoms with Gasteiger partial charge in [-0.1, -0.05) is 41.9 Å². The largest absolute Gasteiger partial charge is 0.497 e. The average Bonchev–Trinajstić information content (AvgIpc) is 2.88. The molecule has 0 aliphatic rings. The van der Waals surface area contributed by atoms with Gasteiger partial charge < -0.3 is 25.8 Å². The van der Waals surface area contributed by atoms with Gasteiger partial charge in [-0.05, 0) is 35.9 Å². The molecule has 1 amide bonds. The summed E-state index contributed by atoms with van der Waals surface area (Å²) in [6.45, 7) is 0.937. The van der Waals surface area contributed by atoms with Crippen molar-refractivity contribution in [1.82, 2.24) is 10.3 Å². The number of nitrogens with two attached hydrogens (primary N) is 1. The van der Waals surface area contributed by atoms with Gasteiger partial charge in [0, 0.05) is 36.6 Å². The molecule has 180 valence electrons. The molecule has 0 aliphatic heterocycles. The number of rotatable bonds is 9. The first-order valence-corrected chi connectivity index (χ1v) is 11.1. The highest BCUT2D eigenvalue weighted by atomic mass is 19.1. The van der Waals surface area contributed by atoms with E-state index in [1.807, 2.05) is 24.3 Å². The molecule has 0 aliphatic carbocycles. The molecule has 4 aromatic rings. The van der Waals surface area contributed by atoms with Crippen LogP contribution in [0.3, 0.4) is 0 Å². The molecule has 7 nitrogen and oxygen atoms in total. The third-order valence-electron chi connectivity index (χ3n) is 5.42. The van der Waals surface area contributed by atoms with E-state index >= 15 is 0 Å². The molecule has 4 N–H and O–H groups in total. The number of hydrogen-bond acceptors (Lipinski definition) is 6. The number of nitrogen functional groups attached to an aromatic ring is 1. The topological polar surface area (TPSA) is 98.5 Å². The molecule has 1 heterocycles. The Bertz CT molecular complexity index is 1350. The molecule has 0 bridgehead atoms. The summed E-state index contributed by atoms with van der Waals surface area (Å²) in [5.41, 5.74) is 8.98. The number of anilines is 2. The van der Waals surface area contributed by atoms with Gasteiger partial charge in [0.05, 0.1) is 12.7 Å². The first-order valence-electron chi connectivity index (χ1n) is 11.1. The summed E-state index contributed by atoms with van der Waals surface area (Å²) < 4.78 is 25.9. The lowest BCUT2D eigenvalue weighted by Crippen LogP contribution is -2.15.